The summed E-state index contributed by atoms with van der Waals surface area (Å²) in [6.45, 7) is 5.02. The fourth-order valence-electron chi connectivity index (χ4n) is 1.53. The van der Waals surface area contributed by atoms with Crippen LogP contribution in [0.2, 0.25) is 0 Å². The van der Waals surface area contributed by atoms with E-state index >= 15 is 0 Å². The summed E-state index contributed by atoms with van der Waals surface area (Å²) in [6, 6.07) is 1.55. The third-order valence-corrected chi connectivity index (χ3v) is 2.42. The topological polar surface area (TPSA) is 97.6 Å². The highest BCUT2D eigenvalue weighted by atomic mass is 16.5. The van der Waals surface area contributed by atoms with Gasteiger partial charge in [-0.2, -0.15) is 0 Å². The Balaban J connectivity index is 2.36. The summed E-state index contributed by atoms with van der Waals surface area (Å²) < 4.78 is 10.0. The van der Waals surface area contributed by atoms with Crippen molar-refractivity contribution < 1.29 is 23.5 Å². The van der Waals surface area contributed by atoms with Crippen LogP contribution in [0.1, 0.15) is 28.8 Å². The smallest absolute Gasteiger partial charge is 0.342 e. The van der Waals surface area contributed by atoms with E-state index < -0.39 is 18.5 Å². The number of ether oxygens (including phenoxy) is 1. The molecule has 1 aromatic heterocycles. The van der Waals surface area contributed by atoms with Crippen molar-refractivity contribution in [3.63, 3.8) is 0 Å². The summed E-state index contributed by atoms with van der Waals surface area (Å²) in [7, 11) is 0. The molecule has 7 heteroatoms. The number of aryl methyl sites for hydroxylation is 2. The minimum Gasteiger partial charge on any atom is -0.466 e. The molecule has 0 spiro atoms. The lowest BCUT2D eigenvalue weighted by Gasteiger charge is -2.06. The maximum Gasteiger partial charge on any atom is 0.342 e. The Labute approximate surface area is 116 Å². The summed E-state index contributed by atoms with van der Waals surface area (Å²) in [4.78, 5) is 34.2. The molecule has 1 aromatic rings. The van der Waals surface area contributed by atoms with Gasteiger partial charge in [0.1, 0.15) is 17.1 Å². The Bertz CT molecular complexity index is 507. The predicted octanol–water partition coefficient (Wildman–Crippen LogP) is 0.306. The van der Waals surface area contributed by atoms with Gasteiger partial charge in [-0.15, -0.1) is 0 Å². The van der Waals surface area contributed by atoms with Gasteiger partial charge in [0.2, 0.25) is 5.91 Å². The Morgan fingerprint density at radius 1 is 1.20 bits per heavy atom. The van der Waals surface area contributed by atoms with E-state index in [1.807, 2.05) is 0 Å². The number of esters is 1. The van der Waals surface area contributed by atoms with Crippen molar-refractivity contribution in [3.05, 3.63) is 23.2 Å². The van der Waals surface area contributed by atoms with Crippen molar-refractivity contribution >= 4 is 17.8 Å². The molecule has 0 atom stereocenters. The minimum absolute atomic E-state index is 0.145. The third-order valence-electron chi connectivity index (χ3n) is 2.42. The lowest BCUT2D eigenvalue weighted by molar-refractivity contribution is -0.127. The summed E-state index contributed by atoms with van der Waals surface area (Å²) in [5, 5.41) is 4.87. The molecule has 0 fully saturated rings. The molecule has 0 aliphatic heterocycles. The first kappa shape index (κ1) is 15.7. The highest BCUT2D eigenvalue weighted by Crippen LogP contribution is 2.14. The van der Waals surface area contributed by atoms with E-state index in [9.17, 15) is 14.4 Å². The van der Waals surface area contributed by atoms with Crippen LogP contribution in [0.4, 0.5) is 0 Å². The van der Waals surface area contributed by atoms with Gasteiger partial charge in [-0.3, -0.25) is 9.59 Å². The number of likely N-dealkylation sites (N-methyl/N-ethyl adjacent to an activating group) is 1. The van der Waals surface area contributed by atoms with Crippen LogP contribution < -0.4 is 10.6 Å². The van der Waals surface area contributed by atoms with Gasteiger partial charge in [-0.25, -0.2) is 4.79 Å². The molecule has 0 unspecified atom stereocenters. The van der Waals surface area contributed by atoms with Crippen molar-refractivity contribution in [1.29, 1.82) is 0 Å². The second-order valence-corrected chi connectivity index (χ2v) is 4.13. The predicted molar refractivity (Wildman–Crippen MR) is 70.2 cm³/mol. The number of hydrogen-bond acceptors (Lipinski definition) is 5. The first-order valence-electron chi connectivity index (χ1n) is 6.21. The molecule has 1 heterocycles. The van der Waals surface area contributed by atoms with Crippen molar-refractivity contribution in [3.8, 4) is 0 Å². The lowest BCUT2D eigenvalue weighted by atomic mass is 10.2. The molecule has 0 saturated carbocycles. The highest BCUT2D eigenvalue weighted by molar-refractivity contribution is 5.92. The molecule has 0 aliphatic carbocycles. The van der Waals surface area contributed by atoms with Crippen LogP contribution in [-0.4, -0.2) is 37.5 Å². The molecule has 7 nitrogen and oxygen atoms in total. The van der Waals surface area contributed by atoms with Crippen LogP contribution in [0.25, 0.3) is 0 Å². The zero-order valence-corrected chi connectivity index (χ0v) is 11.7. The number of furan rings is 1. The van der Waals surface area contributed by atoms with E-state index in [2.05, 4.69) is 10.6 Å². The molecule has 0 aliphatic rings. The summed E-state index contributed by atoms with van der Waals surface area (Å²) in [6.07, 6.45) is 0. The molecule has 0 aromatic carbocycles. The van der Waals surface area contributed by atoms with Gasteiger partial charge < -0.3 is 19.8 Å². The molecule has 0 radical (unpaired) electrons. The van der Waals surface area contributed by atoms with E-state index in [0.717, 1.165) is 0 Å². The summed E-state index contributed by atoms with van der Waals surface area (Å²) in [5.41, 5.74) is 0.291. The number of nitrogens with one attached hydrogen (secondary N) is 2. The maximum atomic E-state index is 11.7. The maximum absolute atomic E-state index is 11.7. The number of carbonyl (C=O) groups excluding carboxylic acids is 3. The third kappa shape index (κ3) is 4.75. The number of rotatable bonds is 6. The van der Waals surface area contributed by atoms with Crippen LogP contribution in [0, 0.1) is 13.8 Å². The van der Waals surface area contributed by atoms with Crippen LogP contribution in [0.3, 0.4) is 0 Å². The Hall–Kier alpha value is -2.31. The zero-order valence-electron chi connectivity index (χ0n) is 11.7. The van der Waals surface area contributed by atoms with E-state index in [0.29, 0.717) is 23.6 Å². The van der Waals surface area contributed by atoms with Gasteiger partial charge in [0.05, 0.1) is 6.54 Å². The van der Waals surface area contributed by atoms with E-state index in [4.69, 9.17) is 9.15 Å². The zero-order chi connectivity index (χ0) is 15.1. The van der Waals surface area contributed by atoms with Crippen molar-refractivity contribution in [2.45, 2.75) is 20.8 Å². The highest BCUT2D eigenvalue weighted by Gasteiger charge is 2.16. The Kier molecular flexibility index (Phi) is 5.76. The molecule has 1 rings (SSSR count). The van der Waals surface area contributed by atoms with E-state index in [1.165, 1.54) is 0 Å². The Morgan fingerprint density at radius 2 is 1.90 bits per heavy atom. The summed E-state index contributed by atoms with van der Waals surface area (Å²) >= 11 is 0. The molecule has 2 amide bonds. The van der Waals surface area contributed by atoms with E-state index in [1.54, 1.807) is 26.8 Å². The van der Waals surface area contributed by atoms with Crippen LogP contribution >= 0.6 is 0 Å². The van der Waals surface area contributed by atoms with Gasteiger partial charge in [-0.1, -0.05) is 0 Å². The first-order valence-corrected chi connectivity index (χ1v) is 6.21. The van der Waals surface area contributed by atoms with Crippen LogP contribution in [0.15, 0.2) is 10.5 Å². The fraction of sp³-hybridized carbons (Fsp3) is 0.462. The van der Waals surface area contributed by atoms with Crippen LogP contribution in [0.5, 0.6) is 0 Å². The SMILES string of the molecule is CCNC(=O)CNC(=O)COC(=O)c1cc(C)oc1C. The number of amides is 2. The largest absolute Gasteiger partial charge is 0.466 e. The normalized spacial score (nSPS) is 9.95. The molecule has 20 heavy (non-hydrogen) atoms. The first-order chi connectivity index (χ1) is 9.43. The standard InChI is InChI=1S/C13H18N2O5/c1-4-14-11(16)6-15-12(17)7-19-13(18)10-5-8(2)20-9(10)3/h5H,4,6-7H2,1-3H3,(H,14,16)(H,15,17). The van der Waals surface area contributed by atoms with Crippen molar-refractivity contribution in [2.24, 2.45) is 0 Å². The second-order valence-electron chi connectivity index (χ2n) is 4.13. The molecular weight excluding hydrogens is 264 g/mol. The van der Waals surface area contributed by atoms with Crippen molar-refractivity contribution in [1.82, 2.24) is 10.6 Å². The van der Waals surface area contributed by atoms with Gasteiger partial charge in [0.25, 0.3) is 5.91 Å². The molecular formula is C13H18N2O5. The number of carbonyl (C=O) groups is 3. The lowest BCUT2D eigenvalue weighted by Crippen LogP contribution is -2.38. The van der Waals surface area contributed by atoms with Gasteiger partial charge in [0.15, 0.2) is 6.61 Å². The quantitative estimate of drug-likeness (QED) is 0.732. The monoisotopic (exact) mass is 282 g/mol. The second kappa shape index (κ2) is 7.32. The number of hydrogen-bond donors (Lipinski definition) is 2. The van der Waals surface area contributed by atoms with Gasteiger partial charge in [0, 0.05) is 6.54 Å². The van der Waals surface area contributed by atoms with Crippen molar-refractivity contribution in [2.75, 3.05) is 19.7 Å². The summed E-state index contributed by atoms with van der Waals surface area (Å²) in [5.74, 6) is -0.436. The average Bonchev–Trinajstić information content (AvgIpc) is 2.73. The van der Waals surface area contributed by atoms with Crippen LogP contribution in [-0.2, 0) is 14.3 Å². The molecule has 0 bridgehead atoms. The molecule has 2 N–H and O–H groups in total. The van der Waals surface area contributed by atoms with Gasteiger partial charge in [-0.05, 0) is 26.8 Å². The van der Waals surface area contributed by atoms with E-state index in [-0.39, 0.29) is 12.5 Å². The minimum atomic E-state index is -0.632. The van der Waals surface area contributed by atoms with Gasteiger partial charge >= 0.3 is 5.97 Å². The fourth-order valence-corrected chi connectivity index (χ4v) is 1.53. The molecule has 0 saturated heterocycles. The molecule has 110 valence electrons. The average molecular weight is 282 g/mol. The Morgan fingerprint density at radius 3 is 2.45 bits per heavy atom.